The molecule has 1 saturated heterocycles. The van der Waals surface area contributed by atoms with E-state index in [1.165, 1.54) is 0 Å². The maximum atomic E-state index is 5.31. The molecule has 0 saturated carbocycles. The summed E-state index contributed by atoms with van der Waals surface area (Å²) in [5.41, 5.74) is 2.14. The van der Waals surface area contributed by atoms with Crippen molar-refractivity contribution < 1.29 is 4.84 Å². The Morgan fingerprint density at radius 1 is 1.04 bits per heavy atom. The van der Waals surface area contributed by atoms with Gasteiger partial charge < -0.3 is 9.74 Å². The minimum absolute atomic E-state index is 0.589. The molecule has 0 radical (unpaired) electrons. The van der Waals surface area contributed by atoms with Crippen molar-refractivity contribution in [2.24, 2.45) is 5.16 Å². The van der Waals surface area contributed by atoms with E-state index in [-0.39, 0.29) is 0 Å². The second-order valence-corrected chi connectivity index (χ2v) is 5.95. The fourth-order valence-corrected chi connectivity index (χ4v) is 2.91. The number of rotatable bonds is 7. The quantitative estimate of drug-likeness (QED) is 0.573. The van der Waals surface area contributed by atoms with Crippen molar-refractivity contribution in [2.45, 2.75) is 13.3 Å². The zero-order valence-electron chi connectivity index (χ0n) is 14.7. The molecule has 0 amide bonds. The molecule has 6 heteroatoms. The van der Waals surface area contributed by atoms with Crippen LogP contribution in [0.4, 0.5) is 5.95 Å². The minimum atomic E-state index is 0.589. The van der Waals surface area contributed by atoms with Crippen molar-refractivity contribution in [1.29, 1.82) is 0 Å². The lowest BCUT2D eigenvalue weighted by Crippen LogP contribution is -2.47. The number of piperazine rings is 1. The molecule has 2 aromatic rings. The van der Waals surface area contributed by atoms with Gasteiger partial charge in [0.15, 0.2) is 0 Å². The summed E-state index contributed by atoms with van der Waals surface area (Å²) in [5.74, 6) is 0.824. The van der Waals surface area contributed by atoms with Crippen LogP contribution in [0.15, 0.2) is 53.9 Å². The van der Waals surface area contributed by atoms with E-state index in [0.29, 0.717) is 6.61 Å². The molecular weight excluding hydrogens is 314 g/mol. The Morgan fingerprint density at radius 3 is 2.44 bits per heavy atom. The van der Waals surface area contributed by atoms with Crippen LogP contribution in [-0.2, 0) is 4.84 Å². The SMILES string of the molecule is CCO/N=C(/CCN1CCN(c2ncccn2)CC1)c1ccccc1. The number of aromatic nitrogens is 2. The summed E-state index contributed by atoms with van der Waals surface area (Å²) in [7, 11) is 0. The Balaban J connectivity index is 1.52. The van der Waals surface area contributed by atoms with Crippen molar-refractivity contribution >= 4 is 11.7 Å². The Bertz CT molecular complexity index is 654. The van der Waals surface area contributed by atoms with E-state index >= 15 is 0 Å². The van der Waals surface area contributed by atoms with Crippen molar-refractivity contribution in [3.05, 3.63) is 54.4 Å². The first-order chi connectivity index (χ1) is 12.4. The maximum Gasteiger partial charge on any atom is 0.225 e. The highest BCUT2D eigenvalue weighted by atomic mass is 16.6. The average molecular weight is 339 g/mol. The predicted molar refractivity (Wildman–Crippen MR) is 99.9 cm³/mol. The van der Waals surface area contributed by atoms with Crippen LogP contribution >= 0.6 is 0 Å². The molecule has 1 aliphatic rings. The van der Waals surface area contributed by atoms with Crippen LogP contribution in [0, 0.1) is 0 Å². The van der Waals surface area contributed by atoms with Crippen molar-refractivity contribution in [2.75, 3.05) is 44.2 Å². The smallest absolute Gasteiger partial charge is 0.225 e. The molecule has 0 unspecified atom stereocenters. The molecule has 132 valence electrons. The van der Waals surface area contributed by atoms with Crippen LogP contribution < -0.4 is 4.90 Å². The van der Waals surface area contributed by atoms with E-state index < -0.39 is 0 Å². The fourth-order valence-electron chi connectivity index (χ4n) is 2.91. The lowest BCUT2D eigenvalue weighted by Gasteiger charge is -2.34. The molecule has 0 N–H and O–H groups in total. The largest absolute Gasteiger partial charge is 0.396 e. The second-order valence-electron chi connectivity index (χ2n) is 5.95. The van der Waals surface area contributed by atoms with Gasteiger partial charge >= 0.3 is 0 Å². The summed E-state index contributed by atoms with van der Waals surface area (Å²) in [6.45, 7) is 7.44. The normalized spacial score (nSPS) is 16.0. The fraction of sp³-hybridized carbons (Fsp3) is 0.421. The number of anilines is 1. The molecule has 3 rings (SSSR count). The molecule has 0 spiro atoms. The molecule has 0 atom stereocenters. The number of hydrogen-bond donors (Lipinski definition) is 0. The summed E-state index contributed by atoms with van der Waals surface area (Å²) < 4.78 is 0. The summed E-state index contributed by atoms with van der Waals surface area (Å²) in [4.78, 5) is 18.7. The zero-order chi connectivity index (χ0) is 17.3. The summed E-state index contributed by atoms with van der Waals surface area (Å²) in [6, 6.07) is 12.1. The summed E-state index contributed by atoms with van der Waals surface area (Å²) in [6.07, 6.45) is 4.47. The van der Waals surface area contributed by atoms with Crippen molar-refractivity contribution in [3.63, 3.8) is 0 Å². The van der Waals surface area contributed by atoms with Crippen LogP contribution in [0.25, 0.3) is 0 Å². The van der Waals surface area contributed by atoms with E-state index in [9.17, 15) is 0 Å². The van der Waals surface area contributed by atoms with Gasteiger partial charge in [-0.1, -0.05) is 35.5 Å². The number of oxime groups is 1. The molecule has 0 bridgehead atoms. The third-order valence-corrected chi connectivity index (χ3v) is 4.28. The maximum absolute atomic E-state index is 5.31. The Kier molecular flexibility index (Phi) is 6.34. The summed E-state index contributed by atoms with van der Waals surface area (Å²) in [5, 5.41) is 4.32. The first-order valence-corrected chi connectivity index (χ1v) is 8.85. The van der Waals surface area contributed by atoms with Crippen LogP contribution in [0.5, 0.6) is 0 Å². The Hall–Kier alpha value is -2.47. The molecule has 25 heavy (non-hydrogen) atoms. The molecule has 1 aromatic carbocycles. The minimum Gasteiger partial charge on any atom is -0.396 e. The molecule has 2 heterocycles. The van der Waals surface area contributed by atoms with E-state index in [0.717, 1.165) is 56.4 Å². The highest BCUT2D eigenvalue weighted by molar-refractivity contribution is 6.00. The average Bonchev–Trinajstić information content (AvgIpc) is 2.70. The lowest BCUT2D eigenvalue weighted by molar-refractivity contribution is 0.157. The topological polar surface area (TPSA) is 53.9 Å². The van der Waals surface area contributed by atoms with Crippen molar-refractivity contribution in [1.82, 2.24) is 14.9 Å². The molecule has 1 fully saturated rings. The first-order valence-electron chi connectivity index (χ1n) is 8.85. The highest BCUT2D eigenvalue weighted by Crippen LogP contribution is 2.11. The van der Waals surface area contributed by atoms with Gasteiger partial charge in [-0.05, 0) is 18.6 Å². The predicted octanol–water partition coefficient (Wildman–Crippen LogP) is 2.43. The van der Waals surface area contributed by atoms with Gasteiger partial charge in [-0.2, -0.15) is 0 Å². The van der Waals surface area contributed by atoms with Gasteiger partial charge in [0, 0.05) is 51.5 Å². The van der Waals surface area contributed by atoms with Gasteiger partial charge in [-0.3, -0.25) is 4.90 Å². The Morgan fingerprint density at radius 2 is 1.76 bits per heavy atom. The van der Waals surface area contributed by atoms with Crippen LogP contribution in [0.1, 0.15) is 18.9 Å². The first kappa shape index (κ1) is 17.4. The van der Waals surface area contributed by atoms with E-state index in [4.69, 9.17) is 4.84 Å². The molecule has 0 aliphatic carbocycles. The number of benzene rings is 1. The third-order valence-electron chi connectivity index (χ3n) is 4.28. The standard InChI is InChI=1S/C19H25N5O/c1-2-25-22-18(17-7-4-3-5-8-17)9-12-23-13-15-24(16-14-23)19-20-10-6-11-21-19/h3-8,10-11H,2,9,12-16H2,1H3/b22-18-. The monoisotopic (exact) mass is 339 g/mol. The molecular formula is C19H25N5O. The van der Waals surface area contributed by atoms with Crippen LogP contribution in [-0.4, -0.2) is 59.9 Å². The number of hydrogen-bond acceptors (Lipinski definition) is 6. The van der Waals surface area contributed by atoms with Gasteiger partial charge in [0.1, 0.15) is 6.61 Å². The zero-order valence-corrected chi connectivity index (χ0v) is 14.7. The third kappa shape index (κ3) is 5.00. The van der Waals surface area contributed by atoms with E-state index in [2.05, 4.69) is 37.1 Å². The molecule has 1 aromatic heterocycles. The van der Waals surface area contributed by atoms with Crippen LogP contribution in [0.3, 0.4) is 0 Å². The molecule has 1 aliphatic heterocycles. The van der Waals surface area contributed by atoms with Crippen LogP contribution in [0.2, 0.25) is 0 Å². The van der Waals surface area contributed by atoms with Crippen molar-refractivity contribution in [3.8, 4) is 0 Å². The molecule has 6 nitrogen and oxygen atoms in total. The Labute approximate surface area is 149 Å². The van der Waals surface area contributed by atoms with E-state index in [1.807, 2.05) is 31.2 Å². The van der Waals surface area contributed by atoms with Gasteiger partial charge in [0.2, 0.25) is 5.95 Å². The highest BCUT2D eigenvalue weighted by Gasteiger charge is 2.19. The van der Waals surface area contributed by atoms with Gasteiger partial charge in [-0.15, -0.1) is 0 Å². The second kappa shape index (κ2) is 9.13. The van der Waals surface area contributed by atoms with Gasteiger partial charge in [0.05, 0.1) is 5.71 Å². The van der Waals surface area contributed by atoms with Gasteiger partial charge in [-0.25, -0.2) is 9.97 Å². The number of nitrogens with zero attached hydrogens (tertiary/aromatic N) is 5. The van der Waals surface area contributed by atoms with Gasteiger partial charge in [0.25, 0.3) is 0 Å². The van der Waals surface area contributed by atoms with E-state index in [1.54, 1.807) is 12.4 Å². The summed E-state index contributed by atoms with van der Waals surface area (Å²) >= 11 is 0. The lowest BCUT2D eigenvalue weighted by atomic mass is 10.1.